The molecule has 0 aromatic carbocycles. The summed E-state index contributed by atoms with van der Waals surface area (Å²) in [5.41, 5.74) is 6.01. The molecule has 0 aromatic rings. The molecule has 0 aromatic heterocycles. The standard InChI is InChI=1S/C13H27N3O2/c1-13(2,3)11(14)10-12(18)16-6-4-15(5-7-16)8-9-17/h11,17H,4-10,14H2,1-3H3. The van der Waals surface area contributed by atoms with Crippen LogP contribution in [0.2, 0.25) is 0 Å². The van der Waals surface area contributed by atoms with Gasteiger partial charge in [-0.1, -0.05) is 20.8 Å². The van der Waals surface area contributed by atoms with Gasteiger partial charge >= 0.3 is 0 Å². The van der Waals surface area contributed by atoms with E-state index in [0.717, 1.165) is 26.2 Å². The molecule has 106 valence electrons. The van der Waals surface area contributed by atoms with E-state index in [9.17, 15) is 4.79 Å². The van der Waals surface area contributed by atoms with Gasteiger partial charge in [-0.15, -0.1) is 0 Å². The first-order valence-corrected chi connectivity index (χ1v) is 6.71. The van der Waals surface area contributed by atoms with Crippen LogP contribution in [0.4, 0.5) is 0 Å². The van der Waals surface area contributed by atoms with Gasteiger partial charge < -0.3 is 15.7 Å². The lowest BCUT2D eigenvalue weighted by Crippen LogP contribution is -2.51. The predicted molar refractivity (Wildman–Crippen MR) is 72.2 cm³/mol. The van der Waals surface area contributed by atoms with Crippen LogP contribution in [-0.2, 0) is 4.79 Å². The molecule has 0 bridgehead atoms. The van der Waals surface area contributed by atoms with Crippen molar-refractivity contribution in [2.75, 3.05) is 39.3 Å². The lowest BCUT2D eigenvalue weighted by molar-refractivity contribution is -0.133. The first-order chi connectivity index (χ1) is 8.34. The Balaban J connectivity index is 2.36. The Morgan fingerprint density at radius 2 is 1.83 bits per heavy atom. The summed E-state index contributed by atoms with van der Waals surface area (Å²) >= 11 is 0. The summed E-state index contributed by atoms with van der Waals surface area (Å²) in [6, 6.07) is -0.0968. The third-order valence-electron chi connectivity index (χ3n) is 3.65. The van der Waals surface area contributed by atoms with Gasteiger partial charge in [0.15, 0.2) is 0 Å². The molecule has 1 unspecified atom stereocenters. The van der Waals surface area contributed by atoms with Crippen molar-refractivity contribution in [2.24, 2.45) is 11.1 Å². The number of piperazine rings is 1. The van der Waals surface area contributed by atoms with Gasteiger partial charge in [-0.2, -0.15) is 0 Å². The van der Waals surface area contributed by atoms with Crippen LogP contribution in [-0.4, -0.2) is 66.2 Å². The maximum absolute atomic E-state index is 12.1. The van der Waals surface area contributed by atoms with E-state index in [-0.39, 0.29) is 24.0 Å². The maximum Gasteiger partial charge on any atom is 0.224 e. The maximum atomic E-state index is 12.1. The van der Waals surface area contributed by atoms with E-state index >= 15 is 0 Å². The highest BCUT2D eigenvalue weighted by Gasteiger charge is 2.27. The fraction of sp³-hybridized carbons (Fsp3) is 0.923. The van der Waals surface area contributed by atoms with Crippen LogP contribution in [0.25, 0.3) is 0 Å². The Bertz CT molecular complexity index is 268. The minimum absolute atomic E-state index is 0.0334. The minimum Gasteiger partial charge on any atom is -0.395 e. The van der Waals surface area contributed by atoms with Gasteiger partial charge in [-0.3, -0.25) is 9.69 Å². The first-order valence-electron chi connectivity index (χ1n) is 6.71. The highest BCUT2D eigenvalue weighted by atomic mass is 16.3. The minimum atomic E-state index is -0.0968. The predicted octanol–water partition coefficient (Wildman–Crippen LogP) is -0.114. The molecule has 3 N–H and O–H groups in total. The zero-order valence-electron chi connectivity index (χ0n) is 11.9. The highest BCUT2D eigenvalue weighted by molar-refractivity contribution is 5.77. The summed E-state index contributed by atoms with van der Waals surface area (Å²) in [7, 11) is 0. The summed E-state index contributed by atoms with van der Waals surface area (Å²) in [6.45, 7) is 10.2. The monoisotopic (exact) mass is 257 g/mol. The summed E-state index contributed by atoms with van der Waals surface area (Å²) < 4.78 is 0. The largest absolute Gasteiger partial charge is 0.395 e. The lowest BCUT2D eigenvalue weighted by atomic mass is 9.85. The summed E-state index contributed by atoms with van der Waals surface area (Å²) in [4.78, 5) is 16.2. The zero-order valence-corrected chi connectivity index (χ0v) is 11.9. The van der Waals surface area contributed by atoms with Gasteiger partial charge in [-0.05, 0) is 5.41 Å². The number of hydrogen-bond acceptors (Lipinski definition) is 4. The number of nitrogens with two attached hydrogens (primary N) is 1. The third-order valence-corrected chi connectivity index (χ3v) is 3.65. The first kappa shape index (κ1) is 15.4. The Labute approximate surface area is 110 Å². The van der Waals surface area contributed by atoms with E-state index in [0.29, 0.717) is 13.0 Å². The summed E-state index contributed by atoms with van der Waals surface area (Å²) in [5, 5.41) is 8.86. The van der Waals surface area contributed by atoms with Gasteiger partial charge in [0, 0.05) is 45.2 Å². The number of aliphatic hydroxyl groups is 1. The number of amides is 1. The van der Waals surface area contributed by atoms with E-state index in [1.165, 1.54) is 0 Å². The second kappa shape index (κ2) is 6.50. The van der Waals surface area contributed by atoms with Crippen LogP contribution >= 0.6 is 0 Å². The number of nitrogens with zero attached hydrogens (tertiary/aromatic N) is 2. The number of rotatable bonds is 4. The Morgan fingerprint density at radius 1 is 1.28 bits per heavy atom. The Hall–Kier alpha value is -0.650. The quantitative estimate of drug-likeness (QED) is 0.737. The van der Waals surface area contributed by atoms with Crippen LogP contribution in [0.1, 0.15) is 27.2 Å². The van der Waals surface area contributed by atoms with Crippen LogP contribution in [0.15, 0.2) is 0 Å². The van der Waals surface area contributed by atoms with Crippen molar-refractivity contribution in [3.8, 4) is 0 Å². The van der Waals surface area contributed by atoms with E-state index < -0.39 is 0 Å². The number of hydrogen-bond donors (Lipinski definition) is 2. The lowest BCUT2D eigenvalue weighted by Gasteiger charge is -2.36. The average molecular weight is 257 g/mol. The van der Waals surface area contributed by atoms with E-state index in [1.807, 2.05) is 4.90 Å². The molecule has 1 rings (SSSR count). The van der Waals surface area contributed by atoms with Gasteiger partial charge in [-0.25, -0.2) is 0 Å². The highest BCUT2D eigenvalue weighted by Crippen LogP contribution is 2.20. The molecule has 1 amide bonds. The molecular formula is C13H27N3O2. The molecule has 0 spiro atoms. The van der Waals surface area contributed by atoms with E-state index in [1.54, 1.807) is 0 Å². The van der Waals surface area contributed by atoms with Crippen molar-refractivity contribution in [1.82, 2.24) is 9.80 Å². The van der Waals surface area contributed by atoms with Crippen molar-refractivity contribution in [1.29, 1.82) is 0 Å². The van der Waals surface area contributed by atoms with Gasteiger partial charge in [0.25, 0.3) is 0 Å². The molecule has 5 nitrogen and oxygen atoms in total. The van der Waals surface area contributed by atoms with E-state index in [4.69, 9.17) is 10.8 Å². The number of carbonyl (C=O) groups is 1. The van der Waals surface area contributed by atoms with Gasteiger partial charge in [0.1, 0.15) is 0 Å². The smallest absolute Gasteiger partial charge is 0.224 e. The van der Waals surface area contributed by atoms with Crippen molar-refractivity contribution in [3.63, 3.8) is 0 Å². The molecule has 0 saturated carbocycles. The van der Waals surface area contributed by atoms with Crippen molar-refractivity contribution >= 4 is 5.91 Å². The van der Waals surface area contributed by atoms with Crippen LogP contribution < -0.4 is 5.73 Å². The van der Waals surface area contributed by atoms with E-state index in [2.05, 4.69) is 25.7 Å². The molecule has 1 saturated heterocycles. The van der Waals surface area contributed by atoms with Gasteiger partial charge in [0.05, 0.1) is 6.61 Å². The number of carbonyl (C=O) groups excluding carboxylic acids is 1. The molecule has 0 radical (unpaired) electrons. The molecule has 1 heterocycles. The van der Waals surface area contributed by atoms with Crippen molar-refractivity contribution in [3.05, 3.63) is 0 Å². The van der Waals surface area contributed by atoms with Crippen molar-refractivity contribution < 1.29 is 9.90 Å². The molecule has 0 aliphatic carbocycles. The summed E-state index contributed by atoms with van der Waals surface area (Å²) in [6.07, 6.45) is 0.420. The average Bonchev–Trinajstić information content (AvgIpc) is 2.29. The molecule has 1 aliphatic rings. The number of aliphatic hydroxyl groups excluding tert-OH is 1. The fourth-order valence-corrected chi connectivity index (χ4v) is 1.99. The molecule has 5 heteroatoms. The van der Waals surface area contributed by atoms with Gasteiger partial charge in [0.2, 0.25) is 5.91 Å². The summed E-state index contributed by atoms with van der Waals surface area (Å²) in [5.74, 6) is 0.154. The van der Waals surface area contributed by atoms with Crippen molar-refractivity contribution in [2.45, 2.75) is 33.2 Å². The Morgan fingerprint density at radius 3 is 2.28 bits per heavy atom. The fourth-order valence-electron chi connectivity index (χ4n) is 1.99. The zero-order chi connectivity index (χ0) is 13.8. The Kier molecular flexibility index (Phi) is 5.56. The number of β-amino-alcohol motifs (C(OH)–C–C–N with tert-alkyl or cyclic N) is 1. The second-order valence-electron chi connectivity index (χ2n) is 6.12. The second-order valence-corrected chi connectivity index (χ2v) is 6.12. The molecule has 18 heavy (non-hydrogen) atoms. The molecule has 1 atom stereocenters. The normalized spacial score (nSPS) is 19.9. The molecule has 1 fully saturated rings. The molecule has 1 aliphatic heterocycles. The van der Waals surface area contributed by atoms with Crippen LogP contribution in [0.3, 0.4) is 0 Å². The topological polar surface area (TPSA) is 69.8 Å². The SMILES string of the molecule is CC(C)(C)C(N)CC(=O)N1CCN(CCO)CC1. The molecular weight excluding hydrogens is 230 g/mol. The van der Waals surface area contributed by atoms with Crippen LogP contribution in [0, 0.1) is 5.41 Å². The third kappa shape index (κ3) is 4.55. The van der Waals surface area contributed by atoms with Crippen LogP contribution in [0.5, 0.6) is 0 Å².